The van der Waals surface area contributed by atoms with Crippen molar-refractivity contribution in [3.05, 3.63) is 5.92 Å². The van der Waals surface area contributed by atoms with Crippen molar-refractivity contribution in [1.82, 2.24) is 0 Å². The summed E-state index contributed by atoms with van der Waals surface area (Å²) in [4.78, 5) is 22.9. The Balaban J connectivity index is 2.53. The van der Waals surface area contributed by atoms with E-state index in [9.17, 15) is 9.59 Å². The largest absolute Gasteiger partial charge is 0.299 e. The molecule has 0 aromatic rings. The fraction of sp³-hybridized carbons (Fsp3) is 0.727. The second kappa shape index (κ2) is 5.15. The molecule has 0 saturated heterocycles. The standard InChI is InChI=1S/C11H17O2/c1-2-3-6-9-10(12)7-4-5-8-11(9)13/h2-8H2,1H3. The predicted molar refractivity (Wildman–Crippen MR) is 51.3 cm³/mol. The molecule has 1 fully saturated rings. The first-order valence-corrected chi connectivity index (χ1v) is 5.18. The quantitative estimate of drug-likeness (QED) is 0.627. The number of ketones is 2. The number of Topliss-reactive ketones (excluding diaryl/α,β-unsaturated/α-hetero) is 2. The Morgan fingerprint density at radius 3 is 2.08 bits per heavy atom. The van der Waals surface area contributed by atoms with Gasteiger partial charge in [-0.15, -0.1) is 0 Å². The van der Waals surface area contributed by atoms with Gasteiger partial charge in [0.25, 0.3) is 0 Å². The van der Waals surface area contributed by atoms with Crippen molar-refractivity contribution in [1.29, 1.82) is 0 Å². The summed E-state index contributed by atoms with van der Waals surface area (Å²) >= 11 is 0. The van der Waals surface area contributed by atoms with Crippen LogP contribution < -0.4 is 0 Å². The maximum absolute atomic E-state index is 11.5. The summed E-state index contributed by atoms with van der Waals surface area (Å²) < 4.78 is 0. The average molecular weight is 181 g/mol. The van der Waals surface area contributed by atoms with E-state index in [4.69, 9.17) is 0 Å². The van der Waals surface area contributed by atoms with Crippen LogP contribution in [0.4, 0.5) is 0 Å². The van der Waals surface area contributed by atoms with Gasteiger partial charge in [0, 0.05) is 12.8 Å². The molecule has 0 unspecified atom stereocenters. The van der Waals surface area contributed by atoms with Crippen LogP contribution in [-0.2, 0) is 9.59 Å². The van der Waals surface area contributed by atoms with Gasteiger partial charge in [-0.25, -0.2) is 0 Å². The van der Waals surface area contributed by atoms with Gasteiger partial charge < -0.3 is 0 Å². The summed E-state index contributed by atoms with van der Waals surface area (Å²) in [5.41, 5.74) is 0. The average Bonchev–Trinajstić information content (AvgIpc) is 2.26. The molecule has 2 nitrogen and oxygen atoms in total. The van der Waals surface area contributed by atoms with Crippen molar-refractivity contribution in [2.75, 3.05) is 0 Å². The molecule has 0 aromatic heterocycles. The lowest BCUT2D eigenvalue weighted by Crippen LogP contribution is -2.19. The molecule has 1 rings (SSSR count). The molecule has 0 spiro atoms. The van der Waals surface area contributed by atoms with Crippen LogP contribution in [0.5, 0.6) is 0 Å². The molecule has 0 atom stereocenters. The van der Waals surface area contributed by atoms with Gasteiger partial charge in [-0.3, -0.25) is 9.59 Å². The number of rotatable bonds is 3. The minimum absolute atomic E-state index is 0.107. The van der Waals surface area contributed by atoms with Crippen LogP contribution in [0.2, 0.25) is 0 Å². The van der Waals surface area contributed by atoms with Crippen molar-refractivity contribution in [3.8, 4) is 0 Å². The predicted octanol–water partition coefficient (Wildman–Crippen LogP) is 2.46. The Morgan fingerprint density at radius 2 is 1.62 bits per heavy atom. The highest BCUT2D eigenvalue weighted by Gasteiger charge is 2.27. The van der Waals surface area contributed by atoms with Crippen molar-refractivity contribution in [2.45, 2.75) is 51.9 Å². The van der Waals surface area contributed by atoms with E-state index < -0.39 is 0 Å². The van der Waals surface area contributed by atoms with E-state index >= 15 is 0 Å². The highest BCUT2D eigenvalue weighted by Crippen LogP contribution is 2.23. The van der Waals surface area contributed by atoms with Gasteiger partial charge in [-0.1, -0.05) is 19.8 Å². The Morgan fingerprint density at radius 1 is 1.08 bits per heavy atom. The summed E-state index contributed by atoms with van der Waals surface area (Å²) in [6.07, 6.45) is 5.67. The minimum Gasteiger partial charge on any atom is -0.299 e. The number of hydrogen-bond acceptors (Lipinski definition) is 2. The van der Waals surface area contributed by atoms with E-state index in [1.807, 2.05) is 0 Å². The molecule has 0 aromatic carbocycles. The summed E-state index contributed by atoms with van der Waals surface area (Å²) in [5, 5.41) is 0. The van der Waals surface area contributed by atoms with E-state index in [1.165, 1.54) is 0 Å². The van der Waals surface area contributed by atoms with Crippen LogP contribution in [0.15, 0.2) is 0 Å². The Hall–Kier alpha value is -0.660. The van der Waals surface area contributed by atoms with E-state index in [2.05, 4.69) is 6.92 Å². The Labute approximate surface area is 79.7 Å². The van der Waals surface area contributed by atoms with Gasteiger partial charge in [0.1, 0.15) is 17.5 Å². The normalized spacial score (nSPS) is 20.4. The molecule has 0 heterocycles. The Bertz CT molecular complexity index is 178. The van der Waals surface area contributed by atoms with E-state index in [-0.39, 0.29) is 11.6 Å². The molecule has 13 heavy (non-hydrogen) atoms. The maximum Gasteiger partial charge on any atom is 0.147 e. The summed E-state index contributed by atoms with van der Waals surface area (Å²) in [6.45, 7) is 2.08. The van der Waals surface area contributed by atoms with Crippen LogP contribution >= 0.6 is 0 Å². The molecular formula is C11H17O2. The van der Waals surface area contributed by atoms with Gasteiger partial charge in [0.15, 0.2) is 0 Å². The lowest BCUT2D eigenvalue weighted by atomic mass is 9.92. The second-order valence-corrected chi connectivity index (χ2v) is 3.64. The summed E-state index contributed by atoms with van der Waals surface area (Å²) in [7, 11) is 0. The molecule has 2 heteroatoms. The zero-order valence-corrected chi connectivity index (χ0v) is 8.27. The third kappa shape index (κ3) is 2.94. The fourth-order valence-corrected chi connectivity index (χ4v) is 1.66. The van der Waals surface area contributed by atoms with Crippen molar-refractivity contribution in [2.24, 2.45) is 0 Å². The zero-order chi connectivity index (χ0) is 9.68. The molecule has 1 aliphatic carbocycles. The van der Waals surface area contributed by atoms with E-state index in [0.717, 1.165) is 25.7 Å². The Kier molecular flexibility index (Phi) is 4.13. The number of hydrogen-bond donors (Lipinski definition) is 0. The van der Waals surface area contributed by atoms with Crippen LogP contribution in [0, 0.1) is 5.92 Å². The van der Waals surface area contributed by atoms with Crippen LogP contribution in [0.1, 0.15) is 51.9 Å². The van der Waals surface area contributed by atoms with Crippen molar-refractivity contribution >= 4 is 11.6 Å². The molecule has 1 aliphatic rings. The van der Waals surface area contributed by atoms with Crippen molar-refractivity contribution in [3.63, 3.8) is 0 Å². The zero-order valence-electron chi connectivity index (χ0n) is 8.27. The molecule has 0 amide bonds. The number of unbranched alkanes of at least 4 members (excludes halogenated alkanes) is 1. The third-order valence-electron chi connectivity index (χ3n) is 2.51. The van der Waals surface area contributed by atoms with E-state index in [1.54, 1.807) is 0 Å². The van der Waals surface area contributed by atoms with E-state index in [0.29, 0.717) is 25.2 Å². The summed E-state index contributed by atoms with van der Waals surface area (Å²) in [6, 6.07) is 0. The highest BCUT2D eigenvalue weighted by atomic mass is 16.1. The van der Waals surface area contributed by atoms with Gasteiger partial charge in [0.2, 0.25) is 0 Å². The molecule has 73 valence electrons. The molecular weight excluding hydrogens is 164 g/mol. The smallest absolute Gasteiger partial charge is 0.147 e. The molecule has 0 bridgehead atoms. The first-order chi connectivity index (χ1) is 6.25. The molecule has 0 N–H and O–H groups in total. The van der Waals surface area contributed by atoms with Gasteiger partial charge in [-0.05, 0) is 19.3 Å². The monoisotopic (exact) mass is 181 g/mol. The fourth-order valence-electron chi connectivity index (χ4n) is 1.66. The topological polar surface area (TPSA) is 34.1 Å². The molecule has 1 saturated carbocycles. The lowest BCUT2D eigenvalue weighted by Gasteiger charge is -2.09. The van der Waals surface area contributed by atoms with Crippen LogP contribution in [0.25, 0.3) is 0 Å². The molecule has 0 aliphatic heterocycles. The maximum atomic E-state index is 11.5. The van der Waals surface area contributed by atoms with Gasteiger partial charge in [-0.2, -0.15) is 0 Å². The SMILES string of the molecule is CCCC[C]1C(=O)CCCCC1=O. The minimum atomic E-state index is 0.107. The first-order valence-electron chi connectivity index (χ1n) is 5.18. The van der Waals surface area contributed by atoms with Crippen LogP contribution in [0.3, 0.4) is 0 Å². The van der Waals surface area contributed by atoms with Gasteiger partial charge in [0.05, 0.1) is 0 Å². The summed E-state index contributed by atoms with van der Waals surface area (Å²) in [5.74, 6) is 0.811. The molecule has 1 radical (unpaired) electrons. The van der Waals surface area contributed by atoms with Crippen LogP contribution in [-0.4, -0.2) is 11.6 Å². The first kappa shape index (κ1) is 10.4. The third-order valence-corrected chi connectivity index (χ3v) is 2.51. The number of carbonyl (C=O) groups is 2. The second-order valence-electron chi connectivity index (χ2n) is 3.64. The van der Waals surface area contributed by atoms with Crippen molar-refractivity contribution < 1.29 is 9.59 Å². The van der Waals surface area contributed by atoms with Gasteiger partial charge >= 0.3 is 0 Å². The lowest BCUT2D eigenvalue weighted by molar-refractivity contribution is -0.123. The highest BCUT2D eigenvalue weighted by molar-refractivity contribution is 6.16. The number of carbonyl (C=O) groups excluding carboxylic acids is 2.